The number of amides is 1. The van der Waals surface area contributed by atoms with E-state index in [2.05, 4.69) is 20.5 Å². The van der Waals surface area contributed by atoms with Gasteiger partial charge in [0.1, 0.15) is 5.82 Å². The van der Waals surface area contributed by atoms with Crippen molar-refractivity contribution in [2.24, 2.45) is 7.05 Å². The molecule has 0 aliphatic heterocycles. The first-order valence-electron chi connectivity index (χ1n) is 5.87. The normalized spacial score (nSPS) is 12.4. The molecule has 2 heterocycles. The molecule has 0 saturated heterocycles. The van der Waals surface area contributed by atoms with Crippen LogP contribution in [-0.4, -0.2) is 30.9 Å². The van der Waals surface area contributed by atoms with Crippen molar-refractivity contribution < 1.29 is 4.79 Å². The molecular formula is C11H15N5OS2. The number of rotatable bonds is 5. The first-order chi connectivity index (χ1) is 9.11. The van der Waals surface area contributed by atoms with Crippen molar-refractivity contribution in [3.8, 4) is 0 Å². The van der Waals surface area contributed by atoms with Gasteiger partial charge in [0.15, 0.2) is 10.3 Å². The van der Waals surface area contributed by atoms with Gasteiger partial charge in [-0.25, -0.2) is 4.98 Å². The summed E-state index contributed by atoms with van der Waals surface area (Å²) in [5.41, 5.74) is 0. The molecule has 0 saturated carbocycles. The lowest BCUT2D eigenvalue weighted by atomic mass is 10.4. The van der Waals surface area contributed by atoms with Gasteiger partial charge in [0.05, 0.1) is 5.25 Å². The zero-order chi connectivity index (χ0) is 13.8. The van der Waals surface area contributed by atoms with E-state index in [0.717, 1.165) is 17.4 Å². The van der Waals surface area contributed by atoms with Crippen LogP contribution in [0.4, 0.5) is 5.13 Å². The highest BCUT2D eigenvalue weighted by atomic mass is 32.2. The topological polar surface area (TPSA) is 72.7 Å². The summed E-state index contributed by atoms with van der Waals surface area (Å²) in [7, 11) is 1.91. The zero-order valence-electron chi connectivity index (χ0n) is 11.0. The molecule has 19 heavy (non-hydrogen) atoms. The fourth-order valence-electron chi connectivity index (χ4n) is 1.46. The zero-order valence-corrected chi connectivity index (χ0v) is 12.6. The fourth-order valence-corrected chi connectivity index (χ4v) is 2.82. The van der Waals surface area contributed by atoms with Crippen LogP contribution in [0, 0.1) is 0 Å². The number of hydrogen-bond donors (Lipinski definition) is 1. The largest absolute Gasteiger partial charge is 0.309 e. The second kappa shape index (κ2) is 6.16. The third-order valence-corrected chi connectivity index (χ3v) is 4.38. The van der Waals surface area contributed by atoms with Gasteiger partial charge in [-0.3, -0.25) is 4.79 Å². The maximum Gasteiger partial charge on any atom is 0.239 e. The number of aryl methyl sites for hydroxylation is 1. The molecule has 1 amide bonds. The van der Waals surface area contributed by atoms with Crippen LogP contribution in [0.5, 0.6) is 0 Å². The van der Waals surface area contributed by atoms with Crippen molar-refractivity contribution >= 4 is 34.1 Å². The molecule has 2 aromatic heterocycles. The molecular weight excluding hydrogens is 282 g/mol. The molecule has 0 radical (unpaired) electrons. The Balaban J connectivity index is 1.98. The van der Waals surface area contributed by atoms with Gasteiger partial charge in [-0.1, -0.05) is 18.7 Å². The van der Waals surface area contributed by atoms with Crippen molar-refractivity contribution in [2.75, 3.05) is 5.32 Å². The van der Waals surface area contributed by atoms with Crippen LogP contribution in [0.15, 0.2) is 16.7 Å². The van der Waals surface area contributed by atoms with Crippen LogP contribution in [0.1, 0.15) is 19.7 Å². The summed E-state index contributed by atoms with van der Waals surface area (Å²) in [5.74, 6) is 0.830. The molecule has 0 spiro atoms. The van der Waals surface area contributed by atoms with Crippen LogP contribution in [-0.2, 0) is 18.3 Å². The first-order valence-corrected chi connectivity index (χ1v) is 7.63. The molecule has 1 atom stereocenters. The lowest BCUT2D eigenvalue weighted by molar-refractivity contribution is -0.115. The fraction of sp³-hybridized carbons (Fsp3) is 0.455. The Hall–Kier alpha value is -1.41. The minimum atomic E-state index is -0.253. The number of nitrogens with one attached hydrogen (secondary N) is 1. The number of hydrogen-bond acceptors (Lipinski definition) is 6. The van der Waals surface area contributed by atoms with Crippen molar-refractivity contribution in [3.05, 3.63) is 17.4 Å². The molecule has 0 aliphatic rings. The van der Waals surface area contributed by atoms with E-state index in [9.17, 15) is 4.79 Å². The van der Waals surface area contributed by atoms with Crippen LogP contribution >= 0.6 is 23.1 Å². The molecule has 0 bridgehead atoms. The lowest BCUT2D eigenvalue weighted by Crippen LogP contribution is -2.22. The summed E-state index contributed by atoms with van der Waals surface area (Å²) < 4.78 is 1.91. The Labute approximate surface area is 119 Å². The second-order valence-corrected chi connectivity index (χ2v) is 6.10. The third-order valence-electron chi connectivity index (χ3n) is 2.56. The molecule has 0 fully saturated rings. The summed E-state index contributed by atoms with van der Waals surface area (Å²) in [6.07, 6.45) is 2.48. The van der Waals surface area contributed by atoms with E-state index < -0.39 is 0 Å². The summed E-state index contributed by atoms with van der Waals surface area (Å²) in [4.78, 5) is 16.0. The average Bonchev–Trinajstić information content (AvgIpc) is 3.00. The van der Waals surface area contributed by atoms with Gasteiger partial charge >= 0.3 is 0 Å². The van der Waals surface area contributed by atoms with Gasteiger partial charge in [0.2, 0.25) is 5.91 Å². The molecule has 6 nitrogen and oxygen atoms in total. The maximum atomic E-state index is 12.0. The average molecular weight is 297 g/mol. The van der Waals surface area contributed by atoms with E-state index in [4.69, 9.17) is 0 Å². The lowest BCUT2D eigenvalue weighted by Gasteiger charge is -2.09. The minimum absolute atomic E-state index is 0.0824. The van der Waals surface area contributed by atoms with Crippen molar-refractivity contribution in [2.45, 2.75) is 30.7 Å². The van der Waals surface area contributed by atoms with Gasteiger partial charge < -0.3 is 9.88 Å². The van der Waals surface area contributed by atoms with E-state index in [1.807, 2.05) is 30.8 Å². The number of aromatic nitrogens is 4. The Morgan fingerprint density at radius 3 is 2.95 bits per heavy atom. The number of anilines is 1. The van der Waals surface area contributed by atoms with Crippen molar-refractivity contribution in [1.82, 2.24) is 19.7 Å². The standard InChI is InChI=1S/C11H15N5OS2/c1-4-8-14-15-11(16(8)3)19-7(2)9(17)13-10-12-5-6-18-10/h5-7H,4H2,1-3H3,(H,12,13,17)/t7-/m1/s1. The molecule has 8 heteroatoms. The SMILES string of the molecule is CCc1nnc(S[C@H](C)C(=O)Nc2nccs2)n1C. The Bertz CT molecular complexity index is 551. The van der Waals surface area contributed by atoms with Crippen molar-refractivity contribution in [3.63, 3.8) is 0 Å². The smallest absolute Gasteiger partial charge is 0.239 e. The van der Waals surface area contributed by atoms with Gasteiger partial charge in [0, 0.05) is 25.0 Å². The van der Waals surface area contributed by atoms with E-state index >= 15 is 0 Å². The van der Waals surface area contributed by atoms with Gasteiger partial charge in [-0.05, 0) is 6.92 Å². The summed E-state index contributed by atoms with van der Waals surface area (Å²) >= 11 is 2.79. The summed E-state index contributed by atoms with van der Waals surface area (Å²) in [6.45, 7) is 3.87. The second-order valence-electron chi connectivity index (χ2n) is 3.90. The van der Waals surface area contributed by atoms with E-state index in [1.54, 1.807) is 6.20 Å². The van der Waals surface area contributed by atoms with E-state index in [1.165, 1.54) is 23.1 Å². The minimum Gasteiger partial charge on any atom is -0.309 e. The van der Waals surface area contributed by atoms with Gasteiger partial charge in [-0.2, -0.15) is 0 Å². The van der Waals surface area contributed by atoms with Crippen LogP contribution in [0.25, 0.3) is 0 Å². The number of carbonyl (C=O) groups excluding carboxylic acids is 1. The Morgan fingerprint density at radius 2 is 2.37 bits per heavy atom. The third kappa shape index (κ3) is 3.32. The molecule has 2 aromatic rings. The van der Waals surface area contributed by atoms with Gasteiger partial charge in [0.25, 0.3) is 0 Å². The van der Waals surface area contributed by atoms with Crippen molar-refractivity contribution in [1.29, 1.82) is 0 Å². The van der Waals surface area contributed by atoms with Crippen LogP contribution < -0.4 is 5.32 Å². The maximum absolute atomic E-state index is 12.0. The van der Waals surface area contributed by atoms with Crippen LogP contribution in [0.2, 0.25) is 0 Å². The molecule has 0 aliphatic carbocycles. The van der Waals surface area contributed by atoms with E-state index in [0.29, 0.717) is 5.13 Å². The Morgan fingerprint density at radius 1 is 1.58 bits per heavy atom. The quantitative estimate of drug-likeness (QED) is 0.854. The number of thiazole rings is 1. The van der Waals surface area contributed by atoms with E-state index in [-0.39, 0.29) is 11.2 Å². The molecule has 102 valence electrons. The number of thioether (sulfide) groups is 1. The Kier molecular flexibility index (Phi) is 4.54. The number of nitrogens with zero attached hydrogens (tertiary/aromatic N) is 4. The highest BCUT2D eigenvalue weighted by molar-refractivity contribution is 8.00. The molecule has 2 rings (SSSR count). The molecule has 0 aromatic carbocycles. The number of carbonyl (C=O) groups is 1. The summed E-state index contributed by atoms with van der Waals surface area (Å²) in [5, 5.41) is 13.9. The predicted molar refractivity (Wildman–Crippen MR) is 76.4 cm³/mol. The highest BCUT2D eigenvalue weighted by Crippen LogP contribution is 2.23. The monoisotopic (exact) mass is 297 g/mol. The predicted octanol–water partition coefficient (Wildman–Crippen LogP) is 1.95. The van der Waals surface area contributed by atoms with Crippen LogP contribution in [0.3, 0.4) is 0 Å². The molecule has 1 N–H and O–H groups in total. The molecule has 0 unspecified atom stereocenters. The highest BCUT2D eigenvalue weighted by Gasteiger charge is 2.19. The van der Waals surface area contributed by atoms with Gasteiger partial charge in [-0.15, -0.1) is 21.5 Å². The first kappa shape index (κ1) is 14.0. The summed E-state index contributed by atoms with van der Waals surface area (Å²) in [6, 6.07) is 0.